The molecule has 0 aromatic heterocycles. The molecule has 1 heterocycles. The zero-order chi connectivity index (χ0) is 11.3. The van der Waals surface area contributed by atoms with E-state index < -0.39 is 0 Å². The number of carbonyl (C=O) groups is 1. The van der Waals surface area contributed by atoms with Gasteiger partial charge in [-0.25, -0.2) is 0 Å². The summed E-state index contributed by atoms with van der Waals surface area (Å²) in [5.41, 5.74) is 5.73. The summed E-state index contributed by atoms with van der Waals surface area (Å²) < 4.78 is 4.92. The Bertz CT molecular complexity index is 209. The highest BCUT2D eigenvalue weighted by molar-refractivity contribution is 5.76. The second-order valence-corrected chi connectivity index (χ2v) is 4.25. The Morgan fingerprint density at radius 3 is 2.93 bits per heavy atom. The lowest BCUT2D eigenvalue weighted by Gasteiger charge is -2.39. The van der Waals surface area contributed by atoms with E-state index in [-0.39, 0.29) is 11.9 Å². The number of hydrogen-bond donors (Lipinski definition) is 1. The average Bonchev–Trinajstić information content (AvgIpc) is 2.25. The maximum atomic E-state index is 11.9. The van der Waals surface area contributed by atoms with Gasteiger partial charge in [-0.15, -0.1) is 0 Å². The van der Waals surface area contributed by atoms with Crippen LogP contribution in [0.25, 0.3) is 0 Å². The molecule has 0 aromatic rings. The Hall–Kier alpha value is -0.610. The van der Waals surface area contributed by atoms with Gasteiger partial charge in [0.1, 0.15) is 0 Å². The summed E-state index contributed by atoms with van der Waals surface area (Å²) in [7, 11) is 1.62. The molecule has 88 valence electrons. The lowest BCUT2D eigenvalue weighted by molar-refractivity contribution is -0.136. The van der Waals surface area contributed by atoms with Crippen molar-refractivity contribution in [2.75, 3.05) is 26.8 Å². The molecule has 4 heteroatoms. The maximum absolute atomic E-state index is 11.9. The van der Waals surface area contributed by atoms with E-state index >= 15 is 0 Å². The molecule has 1 aliphatic heterocycles. The lowest BCUT2D eigenvalue weighted by atomic mass is 9.90. The van der Waals surface area contributed by atoms with Gasteiger partial charge in [-0.3, -0.25) is 4.79 Å². The standard InChI is InChI=1S/C11H22N2O2/c1-9-4-3-6-13(10(9)8-12)11(14)5-7-15-2/h9-10H,3-8,12H2,1-2H3. The smallest absolute Gasteiger partial charge is 0.225 e. The first-order chi connectivity index (χ1) is 7.20. The molecule has 0 saturated carbocycles. The Balaban J connectivity index is 2.53. The minimum Gasteiger partial charge on any atom is -0.384 e. The Labute approximate surface area is 91.8 Å². The molecule has 1 saturated heterocycles. The van der Waals surface area contributed by atoms with Gasteiger partial charge >= 0.3 is 0 Å². The third-order valence-corrected chi connectivity index (χ3v) is 3.20. The maximum Gasteiger partial charge on any atom is 0.225 e. The Morgan fingerprint density at radius 1 is 1.60 bits per heavy atom. The lowest BCUT2D eigenvalue weighted by Crippen LogP contribution is -2.51. The molecule has 4 nitrogen and oxygen atoms in total. The van der Waals surface area contributed by atoms with Crippen molar-refractivity contribution in [1.29, 1.82) is 0 Å². The third kappa shape index (κ3) is 3.18. The molecule has 2 atom stereocenters. The Morgan fingerprint density at radius 2 is 2.33 bits per heavy atom. The number of rotatable bonds is 4. The second kappa shape index (κ2) is 6.08. The molecule has 15 heavy (non-hydrogen) atoms. The fraction of sp³-hybridized carbons (Fsp3) is 0.909. The number of nitrogens with two attached hydrogens (primary N) is 1. The molecule has 2 unspecified atom stereocenters. The van der Waals surface area contributed by atoms with Crippen molar-refractivity contribution < 1.29 is 9.53 Å². The molecular formula is C11H22N2O2. The first-order valence-corrected chi connectivity index (χ1v) is 5.69. The molecule has 1 fully saturated rings. The van der Waals surface area contributed by atoms with E-state index in [1.165, 1.54) is 6.42 Å². The van der Waals surface area contributed by atoms with Gasteiger partial charge in [-0.2, -0.15) is 0 Å². The molecule has 0 bridgehead atoms. The van der Waals surface area contributed by atoms with Gasteiger partial charge in [-0.1, -0.05) is 6.92 Å². The topological polar surface area (TPSA) is 55.6 Å². The summed E-state index contributed by atoms with van der Waals surface area (Å²) in [6.07, 6.45) is 2.74. The zero-order valence-corrected chi connectivity index (χ0v) is 9.74. The SMILES string of the molecule is COCCC(=O)N1CCCC(C)C1CN. The molecule has 1 rings (SSSR count). The highest BCUT2D eigenvalue weighted by atomic mass is 16.5. The molecule has 0 aliphatic carbocycles. The van der Waals surface area contributed by atoms with E-state index in [0.717, 1.165) is 13.0 Å². The van der Waals surface area contributed by atoms with Gasteiger partial charge < -0.3 is 15.4 Å². The van der Waals surface area contributed by atoms with Crippen LogP contribution < -0.4 is 5.73 Å². The van der Waals surface area contributed by atoms with Crippen LogP contribution in [0.1, 0.15) is 26.2 Å². The van der Waals surface area contributed by atoms with E-state index in [9.17, 15) is 4.79 Å². The van der Waals surface area contributed by atoms with Crippen LogP contribution in [0.3, 0.4) is 0 Å². The monoisotopic (exact) mass is 214 g/mol. The van der Waals surface area contributed by atoms with Crippen molar-refractivity contribution in [3.8, 4) is 0 Å². The summed E-state index contributed by atoms with van der Waals surface area (Å²) in [5, 5.41) is 0. The fourth-order valence-electron chi connectivity index (χ4n) is 2.25. The first kappa shape index (κ1) is 12.5. The van der Waals surface area contributed by atoms with Crippen LogP contribution in [-0.2, 0) is 9.53 Å². The van der Waals surface area contributed by atoms with Crippen LogP contribution in [0.2, 0.25) is 0 Å². The zero-order valence-electron chi connectivity index (χ0n) is 9.74. The van der Waals surface area contributed by atoms with Crippen LogP contribution in [0.15, 0.2) is 0 Å². The van der Waals surface area contributed by atoms with Gasteiger partial charge in [0, 0.05) is 26.2 Å². The number of methoxy groups -OCH3 is 1. The minimum absolute atomic E-state index is 0.179. The summed E-state index contributed by atoms with van der Waals surface area (Å²) in [6, 6.07) is 0.225. The number of piperidine rings is 1. The predicted molar refractivity (Wildman–Crippen MR) is 59.4 cm³/mol. The number of carbonyl (C=O) groups excluding carboxylic acids is 1. The van der Waals surface area contributed by atoms with Crippen molar-refractivity contribution in [2.45, 2.75) is 32.2 Å². The number of likely N-dealkylation sites (tertiary alicyclic amines) is 1. The van der Waals surface area contributed by atoms with Crippen molar-refractivity contribution in [3.05, 3.63) is 0 Å². The van der Waals surface area contributed by atoms with E-state index in [1.807, 2.05) is 4.90 Å². The van der Waals surface area contributed by atoms with E-state index in [0.29, 0.717) is 25.5 Å². The van der Waals surface area contributed by atoms with Gasteiger partial charge in [0.25, 0.3) is 0 Å². The van der Waals surface area contributed by atoms with Gasteiger partial charge in [0.15, 0.2) is 0 Å². The average molecular weight is 214 g/mol. The van der Waals surface area contributed by atoms with Crippen molar-refractivity contribution in [1.82, 2.24) is 4.90 Å². The molecule has 1 amide bonds. The van der Waals surface area contributed by atoms with E-state index in [1.54, 1.807) is 7.11 Å². The quantitative estimate of drug-likeness (QED) is 0.746. The van der Waals surface area contributed by atoms with Crippen LogP contribution in [0.5, 0.6) is 0 Å². The van der Waals surface area contributed by atoms with Gasteiger partial charge in [-0.05, 0) is 18.8 Å². The number of amides is 1. The summed E-state index contributed by atoms with van der Waals surface area (Å²) >= 11 is 0. The van der Waals surface area contributed by atoms with Gasteiger partial charge in [0.05, 0.1) is 13.0 Å². The fourth-order valence-corrected chi connectivity index (χ4v) is 2.25. The van der Waals surface area contributed by atoms with Crippen LogP contribution in [0.4, 0.5) is 0 Å². The molecule has 2 N–H and O–H groups in total. The molecule has 0 radical (unpaired) electrons. The van der Waals surface area contributed by atoms with Crippen molar-refractivity contribution in [2.24, 2.45) is 11.7 Å². The largest absolute Gasteiger partial charge is 0.384 e. The Kier molecular flexibility index (Phi) is 5.05. The summed E-state index contributed by atoms with van der Waals surface area (Å²) in [5.74, 6) is 0.703. The third-order valence-electron chi connectivity index (χ3n) is 3.20. The highest BCUT2D eigenvalue weighted by Gasteiger charge is 2.30. The predicted octanol–water partition coefficient (Wildman–Crippen LogP) is 0.609. The van der Waals surface area contributed by atoms with E-state index in [4.69, 9.17) is 10.5 Å². The number of hydrogen-bond acceptors (Lipinski definition) is 3. The molecule has 0 aromatic carbocycles. The second-order valence-electron chi connectivity index (χ2n) is 4.25. The van der Waals surface area contributed by atoms with Crippen LogP contribution in [0, 0.1) is 5.92 Å². The highest BCUT2D eigenvalue weighted by Crippen LogP contribution is 2.23. The molecule has 0 spiro atoms. The van der Waals surface area contributed by atoms with Crippen molar-refractivity contribution in [3.63, 3.8) is 0 Å². The molecule has 1 aliphatic rings. The van der Waals surface area contributed by atoms with Gasteiger partial charge in [0.2, 0.25) is 5.91 Å². The van der Waals surface area contributed by atoms with E-state index in [2.05, 4.69) is 6.92 Å². The number of ether oxygens (including phenoxy) is 1. The summed E-state index contributed by atoms with van der Waals surface area (Å²) in [4.78, 5) is 13.8. The molecular weight excluding hydrogens is 192 g/mol. The first-order valence-electron chi connectivity index (χ1n) is 5.69. The normalized spacial score (nSPS) is 26.7. The number of nitrogens with zero attached hydrogens (tertiary/aromatic N) is 1. The van der Waals surface area contributed by atoms with Crippen LogP contribution in [-0.4, -0.2) is 43.7 Å². The summed E-state index contributed by atoms with van der Waals surface area (Å²) in [6.45, 7) is 4.10. The van der Waals surface area contributed by atoms with Crippen molar-refractivity contribution >= 4 is 5.91 Å². The minimum atomic E-state index is 0.179. The van der Waals surface area contributed by atoms with Crippen LogP contribution >= 0.6 is 0 Å².